The summed E-state index contributed by atoms with van der Waals surface area (Å²) in [6.45, 7) is 7.59. The summed E-state index contributed by atoms with van der Waals surface area (Å²) in [6, 6.07) is 10.4. The van der Waals surface area contributed by atoms with Gasteiger partial charge in [0.2, 0.25) is 0 Å². The van der Waals surface area contributed by atoms with Gasteiger partial charge in [0.15, 0.2) is 0 Å². The molecule has 26 heavy (non-hydrogen) atoms. The lowest BCUT2D eigenvalue weighted by Crippen LogP contribution is -2.43. The van der Waals surface area contributed by atoms with E-state index in [1.807, 2.05) is 24.0 Å². The normalized spacial score (nSPS) is 17.2. The highest BCUT2D eigenvalue weighted by Crippen LogP contribution is 2.22. The highest BCUT2D eigenvalue weighted by atomic mass is 16.2. The molecule has 1 saturated heterocycles. The van der Waals surface area contributed by atoms with E-state index in [-0.39, 0.29) is 5.91 Å². The Morgan fingerprint density at radius 2 is 2.04 bits per heavy atom. The maximum Gasteiger partial charge on any atom is 0.272 e. The second-order valence-electron chi connectivity index (χ2n) is 7.02. The summed E-state index contributed by atoms with van der Waals surface area (Å²) < 4.78 is 0. The van der Waals surface area contributed by atoms with Gasteiger partial charge in [-0.05, 0) is 50.7 Å². The van der Waals surface area contributed by atoms with Crippen molar-refractivity contribution in [2.24, 2.45) is 0 Å². The average molecular weight is 352 g/mol. The minimum atomic E-state index is 0.0287. The maximum absolute atomic E-state index is 13.0. The van der Waals surface area contributed by atoms with Crippen LogP contribution in [0.1, 0.15) is 60.0 Å². The standard InChI is InChI=1S/C21H28N4O/c1-4-18-11-7-8-12-25(18)21(26)19-13-20(24-16(3)23-19)22-14-17-10-6-5-9-15(17)2/h5-6,9-10,13,18H,4,7-8,11-12,14H2,1-3H3,(H,22,23,24). The number of nitrogens with one attached hydrogen (secondary N) is 1. The van der Waals surface area contributed by atoms with Crippen LogP contribution in [0.2, 0.25) is 0 Å². The Labute approximate surface area is 155 Å². The fourth-order valence-corrected chi connectivity index (χ4v) is 3.60. The molecule has 5 heteroatoms. The quantitative estimate of drug-likeness (QED) is 0.880. The highest BCUT2D eigenvalue weighted by Gasteiger charge is 2.27. The Morgan fingerprint density at radius 1 is 1.23 bits per heavy atom. The number of nitrogens with zero attached hydrogens (tertiary/aromatic N) is 3. The predicted molar refractivity (Wildman–Crippen MR) is 104 cm³/mol. The Balaban J connectivity index is 1.76. The second kappa shape index (κ2) is 8.30. The lowest BCUT2D eigenvalue weighted by Gasteiger charge is -2.35. The Morgan fingerprint density at radius 3 is 2.81 bits per heavy atom. The molecular weight excluding hydrogens is 324 g/mol. The molecule has 1 atom stereocenters. The Kier molecular flexibility index (Phi) is 5.86. The minimum Gasteiger partial charge on any atom is -0.366 e. The summed E-state index contributed by atoms with van der Waals surface area (Å²) in [5.74, 6) is 1.35. The van der Waals surface area contributed by atoms with Crippen molar-refractivity contribution < 1.29 is 4.79 Å². The first kappa shape index (κ1) is 18.4. The molecule has 5 nitrogen and oxygen atoms in total. The van der Waals surface area contributed by atoms with Crippen molar-refractivity contribution in [3.05, 3.63) is 53.0 Å². The van der Waals surface area contributed by atoms with Crippen LogP contribution in [0.5, 0.6) is 0 Å². The van der Waals surface area contributed by atoms with Gasteiger partial charge < -0.3 is 10.2 Å². The van der Waals surface area contributed by atoms with E-state index >= 15 is 0 Å². The topological polar surface area (TPSA) is 58.1 Å². The molecule has 2 aromatic rings. The third-order valence-electron chi connectivity index (χ3n) is 5.14. The zero-order chi connectivity index (χ0) is 18.5. The van der Waals surface area contributed by atoms with Gasteiger partial charge in [-0.2, -0.15) is 0 Å². The highest BCUT2D eigenvalue weighted by molar-refractivity contribution is 5.93. The molecule has 1 aromatic carbocycles. The molecule has 0 radical (unpaired) electrons. The number of benzene rings is 1. The van der Waals surface area contributed by atoms with Crippen molar-refractivity contribution in [3.63, 3.8) is 0 Å². The van der Waals surface area contributed by atoms with E-state index in [1.165, 1.54) is 17.5 Å². The molecule has 0 spiro atoms. The van der Waals surface area contributed by atoms with Crippen LogP contribution in [0.3, 0.4) is 0 Å². The number of carbonyl (C=O) groups excluding carboxylic acids is 1. The van der Waals surface area contributed by atoms with Crippen LogP contribution in [0.15, 0.2) is 30.3 Å². The molecule has 1 aliphatic rings. The fraction of sp³-hybridized carbons (Fsp3) is 0.476. The molecule has 0 aliphatic carbocycles. The first-order valence-corrected chi connectivity index (χ1v) is 9.53. The van der Waals surface area contributed by atoms with Crippen molar-refractivity contribution in [2.75, 3.05) is 11.9 Å². The van der Waals surface area contributed by atoms with Gasteiger partial charge in [0, 0.05) is 25.2 Å². The third kappa shape index (κ3) is 4.21. The van der Waals surface area contributed by atoms with Gasteiger partial charge in [0.05, 0.1) is 0 Å². The summed E-state index contributed by atoms with van der Waals surface area (Å²) in [7, 11) is 0. The zero-order valence-electron chi connectivity index (χ0n) is 16.0. The minimum absolute atomic E-state index is 0.0287. The summed E-state index contributed by atoms with van der Waals surface area (Å²) in [4.78, 5) is 23.9. The van der Waals surface area contributed by atoms with Crippen molar-refractivity contribution in [2.45, 2.75) is 59.0 Å². The van der Waals surface area contributed by atoms with E-state index in [4.69, 9.17) is 0 Å². The number of piperidine rings is 1. The molecule has 1 N–H and O–H groups in total. The lowest BCUT2D eigenvalue weighted by molar-refractivity contribution is 0.0601. The fourth-order valence-electron chi connectivity index (χ4n) is 3.60. The van der Waals surface area contributed by atoms with Crippen LogP contribution in [0.4, 0.5) is 5.82 Å². The van der Waals surface area contributed by atoms with E-state index in [9.17, 15) is 4.79 Å². The van der Waals surface area contributed by atoms with Gasteiger partial charge in [0.25, 0.3) is 5.91 Å². The van der Waals surface area contributed by atoms with E-state index in [0.29, 0.717) is 29.9 Å². The molecule has 138 valence electrons. The first-order chi connectivity index (χ1) is 12.6. The van der Waals surface area contributed by atoms with E-state index in [1.54, 1.807) is 6.07 Å². The molecule has 1 amide bonds. The molecule has 0 saturated carbocycles. The maximum atomic E-state index is 13.0. The van der Waals surface area contributed by atoms with E-state index < -0.39 is 0 Å². The van der Waals surface area contributed by atoms with Gasteiger partial charge in [-0.25, -0.2) is 9.97 Å². The number of amides is 1. The molecule has 1 aromatic heterocycles. The number of aromatic nitrogens is 2. The molecule has 2 heterocycles. The van der Waals surface area contributed by atoms with Gasteiger partial charge >= 0.3 is 0 Å². The monoisotopic (exact) mass is 352 g/mol. The molecule has 1 unspecified atom stereocenters. The van der Waals surface area contributed by atoms with Crippen LogP contribution in [-0.4, -0.2) is 33.4 Å². The van der Waals surface area contributed by atoms with Crippen molar-refractivity contribution in [1.29, 1.82) is 0 Å². The molecular formula is C21H28N4O. The van der Waals surface area contributed by atoms with Crippen molar-refractivity contribution >= 4 is 11.7 Å². The van der Waals surface area contributed by atoms with Gasteiger partial charge in [0.1, 0.15) is 17.3 Å². The van der Waals surface area contributed by atoms with Gasteiger partial charge in [-0.15, -0.1) is 0 Å². The number of likely N-dealkylation sites (tertiary alicyclic amines) is 1. The van der Waals surface area contributed by atoms with Crippen LogP contribution < -0.4 is 5.32 Å². The van der Waals surface area contributed by atoms with Crippen LogP contribution in [0, 0.1) is 13.8 Å². The molecule has 0 bridgehead atoms. The van der Waals surface area contributed by atoms with Crippen LogP contribution in [-0.2, 0) is 6.54 Å². The number of anilines is 1. The number of aryl methyl sites for hydroxylation is 2. The van der Waals surface area contributed by atoms with Crippen LogP contribution in [0.25, 0.3) is 0 Å². The first-order valence-electron chi connectivity index (χ1n) is 9.53. The molecule has 3 rings (SSSR count). The average Bonchev–Trinajstić information content (AvgIpc) is 2.66. The number of hydrogen-bond donors (Lipinski definition) is 1. The van der Waals surface area contributed by atoms with Gasteiger partial charge in [-0.3, -0.25) is 4.79 Å². The SMILES string of the molecule is CCC1CCCCN1C(=O)c1cc(NCc2ccccc2C)nc(C)n1. The lowest BCUT2D eigenvalue weighted by atomic mass is 9.99. The number of rotatable bonds is 5. The Bertz CT molecular complexity index is 774. The summed E-state index contributed by atoms with van der Waals surface area (Å²) >= 11 is 0. The molecule has 1 aliphatic heterocycles. The van der Waals surface area contributed by atoms with Gasteiger partial charge in [-0.1, -0.05) is 31.2 Å². The number of carbonyl (C=O) groups is 1. The van der Waals surface area contributed by atoms with Crippen molar-refractivity contribution in [1.82, 2.24) is 14.9 Å². The summed E-state index contributed by atoms with van der Waals surface area (Å²) in [5, 5.41) is 3.34. The largest absolute Gasteiger partial charge is 0.366 e. The smallest absolute Gasteiger partial charge is 0.272 e. The van der Waals surface area contributed by atoms with E-state index in [0.717, 1.165) is 25.8 Å². The summed E-state index contributed by atoms with van der Waals surface area (Å²) in [6.07, 6.45) is 4.36. The van der Waals surface area contributed by atoms with E-state index in [2.05, 4.69) is 41.3 Å². The Hall–Kier alpha value is -2.43. The third-order valence-corrected chi connectivity index (χ3v) is 5.14. The predicted octanol–water partition coefficient (Wildman–Crippen LogP) is 4.11. The van der Waals surface area contributed by atoms with Crippen molar-refractivity contribution in [3.8, 4) is 0 Å². The number of hydrogen-bond acceptors (Lipinski definition) is 4. The zero-order valence-corrected chi connectivity index (χ0v) is 16.0. The van der Waals surface area contributed by atoms with Crippen LogP contribution >= 0.6 is 0 Å². The summed E-state index contributed by atoms with van der Waals surface area (Å²) in [5.41, 5.74) is 2.95. The molecule has 1 fully saturated rings. The second-order valence-corrected chi connectivity index (χ2v) is 7.02.